The molecule has 0 fully saturated rings. The number of nitrogens with one attached hydrogen (secondary N) is 1. The van der Waals surface area contributed by atoms with E-state index in [4.69, 9.17) is 4.74 Å². The van der Waals surface area contributed by atoms with E-state index < -0.39 is 0 Å². The number of hydrogen-bond donors (Lipinski definition) is 1. The summed E-state index contributed by atoms with van der Waals surface area (Å²) >= 11 is 0. The monoisotopic (exact) mass is 264 g/mol. The van der Waals surface area contributed by atoms with E-state index in [9.17, 15) is 4.79 Å². The van der Waals surface area contributed by atoms with Gasteiger partial charge in [0.15, 0.2) is 0 Å². The Kier molecular flexibility index (Phi) is 6.53. The number of methoxy groups -OCH3 is 1. The Morgan fingerprint density at radius 2 is 2.00 bits per heavy atom. The molecule has 1 aromatic rings. The molecule has 0 aromatic heterocycles. The summed E-state index contributed by atoms with van der Waals surface area (Å²) in [7, 11) is 3.48. The third kappa shape index (κ3) is 4.65. The van der Waals surface area contributed by atoms with Crippen LogP contribution in [0.1, 0.15) is 25.5 Å². The standard InChI is InChI=1S/C15H24N2O2/c1-5-17(3)15(18)12(2)16-14(11-19-4)13-9-7-6-8-10-13/h6-10,12,14,16H,5,11H2,1-4H3. The second-order valence-corrected chi connectivity index (χ2v) is 4.66. The van der Waals surface area contributed by atoms with Crippen molar-refractivity contribution >= 4 is 5.91 Å². The fourth-order valence-electron chi connectivity index (χ4n) is 1.95. The molecular weight excluding hydrogens is 240 g/mol. The maximum Gasteiger partial charge on any atom is 0.239 e. The lowest BCUT2D eigenvalue weighted by atomic mass is 10.1. The topological polar surface area (TPSA) is 41.6 Å². The smallest absolute Gasteiger partial charge is 0.239 e. The number of carbonyl (C=O) groups excluding carboxylic acids is 1. The van der Waals surface area contributed by atoms with E-state index in [-0.39, 0.29) is 18.0 Å². The summed E-state index contributed by atoms with van der Waals surface area (Å²) in [6.07, 6.45) is 0. The van der Waals surface area contributed by atoms with Gasteiger partial charge in [-0.3, -0.25) is 10.1 Å². The first-order valence-electron chi connectivity index (χ1n) is 6.65. The minimum absolute atomic E-state index is 0.0235. The van der Waals surface area contributed by atoms with Crippen LogP contribution < -0.4 is 5.32 Å². The molecule has 2 atom stereocenters. The van der Waals surface area contributed by atoms with Crippen LogP contribution >= 0.6 is 0 Å². The Balaban J connectivity index is 2.71. The number of rotatable bonds is 7. The second-order valence-electron chi connectivity index (χ2n) is 4.66. The van der Waals surface area contributed by atoms with Gasteiger partial charge in [-0.25, -0.2) is 0 Å². The molecule has 19 heavy (non-hydrogen) atoms. The summed E-state index contributed by atoms with van der Waals surface area (Å²) in [6.45, 7) is 5.11. The van der Waals surface area contributed by atoms with Crippen molar-refractivity contribution in [2.24, 2.45) is 0 Å². The number of amides is 1. The van der Waals surface area contributed by atoms with Crippen molar-refractivity contribution in [3.63, 3.8) is 0 Å². The normalized spacial score (nSPS) is 13.9. The molecule has 0 saturated heterocycles. The summed E-state index contributed by atoms with van der Waals surface area (Å²) in [5, 5.41) is 3.33. The third-order valence-electron chi connectivity index (χ3n) is 3.21. The molecular formula is C15H24N2O2. The van der Waals surface area contributed by atoms with Gasteiger partial charge in [0.05, 0.1) is 18.7 Å². The highest BCUT2D eigenvalue weighted by Gasteiger charge is 2.20. The zero-order valence-corrected chi connectivity index (χ0v) is 12.2. The van der Waals surface area contributed by atoms with Crippen LogP contribution in [0.5, 0.6) is 0 Å². The maximum atomic E-state index is 12.1. The summed E-state index contributed by atoms with van der Waals surface area (Å²) in [5.41, 5.74) is 1.13. The average Bonchev–Trinajstić information content (AvgIpc) is 2.46. The predicted molar refractivity (Wildman–Crippen MR) is 77.0 cm³/mol. The lowest BCUT2D eigenvalue weighted by Crippen LogP contribution is -2.45. The molecule has 0 aliphatic rings. The zero-order valence-electron chi connectivity index (χ0n) is 12.2. The highest BCUT2D eigenvalue weighted by molar-refractivity contribution is 5.81. The lowest BCUT2D eigenvalue weighted by molar-refractivity contribution is -0.131. The number of ether oxygens (including phenoxy) is 1. The first kappa shape index (κ1) is 15.7. The number of hydrogen-bond acceptors (Lipinski definition) is 3. The van der Waals surface area contributed by atoms with Gasteiger partial charge in [0, 0.05) is 20.7 Å². The first-order valence-corrected chi connectivity index (χ1v) is 6.65. The van der Waals surface area contributed by atoms with E-state index >= 15 is 0 Å². The van der Waals surface area contributed by atoms with Crippen molar-refractivity contribution in [2.45, 2.75) is 25.9 Å². The van der Waals surface area contributed by atoms with E-state index in [1.807, 2.05) is 51.2 Å². The molecule has 1 aromatic carbocycles. The highest BCUT2D eigenvalue weighted by Crippen LogP contribution is 2.14. The van der Waals surface area contributed by atoms with Crippen molar-refractivity contribution < 1.29 is 9.53 Å². The van der Waals surface area contributed by atoms with Crippen LogP contribution in [0.2, 0.25) is 0 Å². The van der Waals surface area contributed by atoms with Gasteiger partial charge in [0.25, 0.3) is 0 Å². The molecule has 0 heterocycles. The van der Waals surface area contributed by atoms with Crippen LogP contribution in [-0.2, 0) is 9.53 Å². The summed E-state index contributed by atoms with van der Waals surface area (Å²) in [5.74, 6) is 0.0968. The number of carbonyl (C=O) groups is 1. The number of likely N-dealkylation sites (N-methyl/N-ethyl adjacent to an activating group) is 1. The molecule has 1 amide bonds. The SMILES string of the molecule is CCN(C)C(=O)C(C)NC(COC)c1ccccc1. The van der Waals surface area contributed by atoms with E-state index in [2.05, 4.69) is 5.32 Å². The molecule has 4 heteroatoms. The van der Waals surface area contributed by atoms with Gasteiger partial charge in [-0.05, 0) is 19.4 Å². The zero-order chi connectivity index (χ0) is 14.3. The minimum atomic E-state index is -0.231. The molecule has 4 nitrogen and oxygen atoms in total. The number of benzene rings is 1. The summed E-state index contributed by atoms with van der Waals surface area (Å²) < 4.78 is 5.24. The van der Waals surface area contributed by atoms with E-state index in [0.29, 0.717) is 13.2 Å². The Hall–Kier alpha value is -1.39. The third-order valence-corrected chi connectivity index (χ3v) is 3.21. The van der Waals surface area contributed by atoms with Crippen LogP contribution in [0.3, 0.4) is 0 Å². The van der Waals surface area contributed by atoms with Crippen molar-refractivity contribution in [2.75, 3.05) is 27.3 Å². The maximum absolute atomic E-state index is 12.1. The highest BCUT2D eigenvalue weighted by atomic mass is 16.5. The largest absolute Gasteiger partial charge is 0.383 e. The molecule has 0 spiro atoms. The van der Waals surface area contributed by atoms with Gasteiger partial charge in [0.1, 0.15) is 0 Å². The molecule has 0 aliphatic heterocycles. The molecule has 0 bridgehead atoms. The van der Waals surface area contributed by atoms with Crippen molar-refractivity contribution in [3.8, 4) is 0 Å². The van der Waals surface area contributed by atoms with Gasteiger partial charge >= 0.3 is 0 Å². The van der Waals surface area contributed by atoms with E-state index in [1.165, 1.54) is 0 Å². The number of nitrogens with zero attached hydrogens (tertiary/aromatic N) is 1. The van der Waals surface area contributed by atoms with Crippen LogP contribution in [0.4, 0.5) is 0 Å². The van der Waals surface area contributed by atoms with E-state index in [1.54, 1.807) is 12.0 Å². The van der Waals surface area contributed by atoms with Gasteiger partial charge in [0.2, 0.25) is 5.91 Å². The van der Waals surface area contributed by atoms with Crippen LogP contribution in [0, 0.1) is 0 Å². The van der Waals surface area contributed by atoms with Crippen molar-refractivity contribution in [1.82, 2.24) is 10.2 Å². The van der Waals surface area contributed by atoms with Gasteiger partial charge < -0.3 is 9.64 Å². The van der Waals surface area contributed by atoms with Crippen LogP contribution in [0.15, 0.2) is 30.3 Å². The molecule has 0 aliphatic carbocycles. The van der Waals surface area contributed by atoms with E-state index in [0.717, 1.165) is 5.56 Å². The Labute approximate surface area is 115 Å². The second kappa shape index (κ2) is 7.92. The first-order chi connectivity index (χ1) is 9.10. The van der Waals surface area contributed by atoms with Gasteiger partial charge in [-0.15, -0.1) is 0 Å². The van der Waals surface area contributed by atoms with Crippen LogP contribution in [0.25, 0.3) is 0 Å². The fourth-order valence-corrected chi connectivity index (χ4v) is 1.95. The van der Waals surface area contributed by atoms with Crippen molar-refractivity contribution in [1.29, 1.82) is 0 Å². The fraction of sp³-hybridized carbons (Fsp3) is 0.533. The summed E-state index contributed by atoms with van der Waals surface area (Å²) in [6, 6.07) is 9.83. The van der Waals surface area contributed by atoms with Crippen LogP contribution in [-0.4, -0.2) is 44.2 Å². The molecule has 0 saturated carbocycles. The molecule has 106 valence electrons. The molecule has 0 radical (unpaired) electrons. The van der Waals surface area contributed by atoms with Gasteiger partial charge in [-0.1, -0.05) is 30.3 Å². The molecule has 1 rings (SSSR count). The lowest BCUT2D eigenvalue weighted by Gasteiger charge is -2.25. The Morgan fingerprint density at radius 1 is 1.37 bits per heavy atom. The Morgan fingerprint density at radius 3 is 2.53 bits per heavy atom. The Bertz CT molecular complexity index is 381. The molecule has 2 unspecified atom stereocenters. The summed E-state index contributed by atoms with van der Waals surface area (Å²) in [4.78, 5) is 13.8. The predicted octanol–water partition coefficient (Wildman–Crippen LogP) is 1.83. The average molecular weight is 264 g/mol. The molecule has 1 N–H and O–H groups in total. The van der Waals surface area contributed by atoms with Gasteiger partial charge in [-0.2, -0.15) is 0 Å². The van der Waals surface area contributed by atoms with Crippen molar-refractivity contribution in [3.05, 3.63) is 35.9 Å². The quantitative estimate of drug-likeness (QED) is 0.817. The minimum Gasteiger partial charge on any atom is -0.383 e.